The number of aromatic nitrogens is 2. The zero-order chi connectivity index (χ0) is 13.5. The van der Waals surface area contributed by atoms with E-state index < -0.39 is 12.7 Å². The van der Waals surface area contributed by atoms with Crippen molar-refractivity contribution in [1.82, 2.24) is 9.55 Å². The van der Waals surface area contributed by atoms with Crippen LogP contribution in [-0.2, 0) is 7.05 Å². The molecule has 0 bridgehead atoms. The van der Waals surface area contributed by atoms with E-state index >= 15 is 0 Å². The summed E-state index contributed by atoms with van der Waals surface area (Å²) in [6.45, 7) is 0.892. The van der Waals surface area contributed by atoms with Crippen molar-refractivity contribution in [2.45, 2.75) is 13.1 Å². The normalized spacial score (nSPS) is 12.1. The second-order valence-corrected chi connectivity index (χ2v) is 4.36. The summed E-state index contributed by atoms with van der Waals surface area (Å²) in [5.41, 5.74) is 2.14. The second kappa shape index (κ2) is 4.19. The fraction of sp³-hybridized carbons (Fsp3) is 0.417. The Kier molecular flexibility index (Phi) is 2.96. The SMILES string of the molecule is Cc1nc2cc(N(C)CC(F)(F)F)ccc2n1C. The highest BCUT2D eigenvalue weighted by Crippen LogP contribution is 2.24. The Balaban J connectivity index is 2.35. The fourth-order valence-electron chi connectivity index (χ4n) is 1.91. The standard InChI is InChI=1S/C12H14F3N3/c1-8-16-10-6-9(4-5-11(10)18(8)3)17(2)7-12(13,14)15/h4-6H,7H2,1-3H3. The molecular weight excluding hydrogens is 243 g/mol. The molecule has 0 atom stereocenters. The topological polar surface area (TPSA) is 21.1 Å². The molecule has 0 radical (unpaired) electrons. The van der Waals surface area contributed by atoms with Crippen LogP contribution in [0.2, 0.25) is 0 Å². The molecule has 1 aromatic carbocycles. The molecule has 0 fully saturated rings. The van der Waals surface area contributed by atoms with Crippen LogP contribution >= 0.6 is 0 Å². The monoisotopic (exact) mass is 257 g/mol. The first-order valence-corrected chi connectivity index (χ1v) is 5.49. The number of hydrogen-bond donors (Lipinski definition) is 0. The molecule has 0 unspecified atom stereocenters. The minimum absolute atomic E-state index is 0.512. The van der Waals surface area contributed by atoms with Crippen molar-refractivity contribution in [3.63, 3.8) is 0 Å². The molecule has 0 spiro atoms. The Morgan fingerprint density at radius 1 is 1.33 bits per heavy atom. The number of halogens is 3. The average molecular weight is 257 g/mol. The van der Waals surface area contributed by atoms with Crippen LogP contribution in [0.4, 0.5) is 18.9 Å². The van der Waals surface area contributed by atoms with E-state index in [2.05, 4.69) is 4.98 Å². The number of alkyl halides is 3. The van der Waals surface area contributed by atoms with Crippen LogP contribution in [0, 0.1) is 6.92 Å². The quantitative estimate of drug-likeness (QED) is 0.824. The molecule has 3 nitrogen and oxygen atoms in total. The summed E-state index contributed by atoms with van der Waals surface area (Å²) in [5, 5.41) is 0. The third-order valence-electron chi connectivity index (χ3n) is 2.95. The molecular formula is C12H14F3N3. The van der Waals surface area contributed by atoms with E-state index in [1.54, 1.807) is 18.2 Å². The molecule has 98 valence electrons. The summed E-state index contributed by atoms with van der Waals surface area (Å²) in [4.78, 5) is 5.48. The highest BCUT2D eigenvalue weighted by Gasteiger charge is 2.29. The zero-order valence-corrected chi connectivity index (χ0v) is 10.4. The summed E-state index contributed by atoms with van der Waals surface area (Å²) in [6, 6.07) is 5.14. The van der Waals surface area contributed by atoms with Crippen molar-refractivity contribution in [1.29, 1.82) is 0 Å². The van der Waals surface area contributed by atoms with Gasteiger partial charge in [0.25, 0.3) is 0 Å². The van der Waals surface area contributed by atoms with Gasteiger partial charge >= 0.3 is 6.18 Å². The summed E-state index contributed by atoms with van der Waals surface area (Å²) in [5.74, 6) is 0.834. The lowest BCUT2D eigenvalue weighted by molar-refractivity contribution is -0.119. The third kappa shape index (κ3) is 2.42. The van der Waals surface area contributed by atoms with Crippen molar-refractivity contribution >= 4 is 16.7 Å². The van der Waals surface area contributed by atoms with Gasteiger partial charge < -0.3 is 9.47 Å². The molecule has 6 heteroatoms. The highest BCUT2D eigenvalue weighted by atomic mass is 19.4. The van der Waals surface area contributed by atoms with E-state index in [1.807, 2.05) is 18.5 Å². The van der Waals surface area contributed by atoms with Gasteiger partial charge in [0.05, 0.1) is 11.0 Å². The van der Waals surface area contributed by atoms with Gasteiger partial charge in [0.1, 0.15) is 12.4 Å². The number of anilines is 1. The molecule has 0 aliphatic carbocycles. The molecule has 0 aliphatic heterocycles. The van der Waals surface area contributed by atoms with Gasteiger partial charge in [0.2, 0.25) is 0 Å². The maximum absolute atomic E-state index is 12.3. The molecule has 1 aromatic heterocycles. The summed E-state index contributed by atoms with van der Waals surface area (Å²) in [7, 11) is 3.30. The third-order valence-corrected chi connectivity index (χ3v) is 2.95. The molecule has 18 heavy (non-hydrogen) atoms. The lowest BCUT2D eigenvalue weighted by Gasteiger charge is -2.20. The summed E-state index contributed by atoms with van der Waals surface area (Å²) >= 11 is 0. The van der Waals surface area contributed by atoms with Gasteiger partial charge in [-0.1, -0.05) is 0 Å². The largest absolute Gasteiger partial charge is 0.405 e. The van der Waals surface area contributed by atoms with Gasteiger partial charge in [-0.05, 0) is 25.1 Å². The molecule has 2 aromatic rings. The number of imidazole rings is 1. The van der Waals surface area contributed by atoms with Crippen LogP contribution in [0.25, 0.3) is 11.0 Å². The van der Waals surface area contributed by atoms with Crippen molar-refractivity contribution in [2.24, 2.45) is 7.05 Å². The van der Waals surface area contributed by atoms with E-state index in [0.29, 0.717) is 11.2 Å². The molecule has 0 amide bonds. The van der Waals surface area contributed by atoms with Gasteiger partial charge in [-0.2, -0.15) is 13.2 Å². The lowest BCUT2D eigenvalue weighted by Crippen LogP contribution is -2.30. The van der Waals surface area contributed by atoms with E-state index in [1.165, 1.54) is 11.9 Å². The van der Waals surface area contributed by atoms with E-state index in [9.17, 15) is 13.2 Å². The number of fused-ring (bicyclic) bond motifs is 1. The van der Waals surface area contributed by atoms with Gasteiger partial charge in [0.15, 0.2) is 0 Å². The predicted molar refractivity (Wildman–Crippen MR) is 64.8 cm³/mol. The minimum Gasteiger partial charge on any atom is -0.366 e. The van der Waals surface area contributed by atoms with Crippen LogP contribution in [0.3, 0.4) is 0 Å². The van der Waals surface area contributed by atoms with E-state index in [-0.39, 0.29) is 0 Å². The maximum Gasteiger partial charge on any atom is 0.405 e. The zero-order valence-electron chi connectivity index (χ0n) is 10.4. The number of rotatable bonds is 2. The summed E-state index contributed by atoms with van der Waals surface area (Å²) < 4.78 is 38.8. The second-order valence-electron chi connectivity index (χ2n) is 4.36. The van der Waals surface area contributed by atoms with Gasteiger partial charge in [0, 0.05) is 19.8 Å². The molecule has 2 rings (SSSR count). The molecule has 0 saturated carbocycles. The Labute approximate surface area is 103 Å². The van der Waals surface area contributed by atoms with Crippen LogP contribution < -0.4 is 4.90 Å². The fourth-order valence-corrected chi connectivity index (χ4v) is 1.91. The number of nitrogens with zero attached hydrogens (tertiary/aromatic N) is 3. The Morgan fingerprint density at radius 2 is 2.00 bits per heavy atom. The lowest BCUT2D eigenvalue weighted by atomic mass is 10.2. The number of hydrogen-bond acceptors (Lipinski definition) is 2. The highest BCUT2D eigenvalue weighted by molar-refractivity contribution is 5.80. The molecule has 1 heterocycles. The Morgan fingerprint density at radius 3 is 2.61 bits per heavy atom. The van der Waals surface area contributed by atoms with Crippen LogP contribution in [0.15, 0.2) is 18.2 Å². The van der Waals surface area contributed by atoms with Gasteiger partial charge in [-0.15, -0.1) is 0 Å². The first-order valence-electron chi connectivity index (χ1n) is 5.49. The van der Waals surface area contributed by atoms with Gasteiger partial charge in [-0.3, -0.25) is 0 Å². The first kappa shape index (κ1) is 12.7. The number of aryl methyl sites for hydroxylation is 2. The van der Waals surface area contributed by atoms with Crippen molar-refractivity contribution < 1.29 is 13.2 Å². The Hall–Kier alpha value is -1.72. The summed E-state index contributed by atoms with van der Waals surface area (Å²) in [6.07, 6.45) is -4.20. The first-order chi connectivity index (χ1) is 8.28. The van der Waals surface area contributed by atoms with Crippen molar-refractivity contribution in [3.05, 3.63) is 24.0 Å². The smallest absolute Gasteiger partial charge is 0.366 e. The van der Waals surface area contributed by atoms with Crippen LogP contribution in [0.1, 0.15) is 5.82 Å². The van der Waals surface area contributed by atoms with Crippen LogP contribution in [-0.4, -0.2) is 29.3 Å². The van der Waals surface area contributed by atoms with Crippen LogP contribution in [0.5, 0.6) is 0 Å². The maximum atomic E-state index is 12.3. The molecule has 0 aliphatic rings. The van der Waals surface area contributed by atoms with Crippen molar-refractivity contribution in [3.8, 4) is 0 Å². The predicted octanol–water partition coefficient (Wildman–Crippen LogP) is 2.88. The van der Waals surface area contributed by atoms with E-state index in [0.717, 1.165) is 11.3 Å². The van der Waals surface area contributed by atoms with Crippen molar-refractivity contribution in [2.75, 3.05) is 18.5 Å². The molecule has 0 N–H and O–H groups in total. The average Bonchev–Trinajstić information content (AvgIpc) is 2.52. The number of benzene rings is 1. The molecule has 0 saturated heterocycles. The Bertz CT molecular complexity index is 572. The minimum atomic E-state index is -4.20. The van der Waals surface area contributed by atoms with Gasteiger partial charge in [-0.25, -0.2) is 4.98 Å². The van der Waals surface area contributed by atoms with E-state index in [4.69, 9.17) is 0 Å².